The first-order chi connectivity index (χ1) is 17.6. The number of aryl methyl sites for hydroxylation is 2. The van der Waals surface area contributed by atoms with Gasteiger partial charge in [-0.05, 0) is 62.6 Å². The lowest BCUT2D eigenvalue weighted by Gasteiger charge is -2.21. The Hall–Kier alpha value is -3.99. The van der Waals surface area contributed by atoms with Crippen LogP contribution in [-0.2, 0) is 18.0 Å². The fourth-order valence-corrected chi connectivity index (χ4v) is 5.04. The average molecular weight is 524 g/mol. The highest BCUT2D eigenvalue weighted by Crippen LogP contribution is 2.34. The van der Waals surface area contributed by atoms with Crippen molar-refractivity contribution in [1.82, 2.24) is 13.7 Å². The standard InChI is InChI=1S/C26H26FN5O4S/c1-14-8-11-20(19(27)12-14)28-23-21-22(15(2)24(33)30(23)3)31(26(35)32(25(21)34)17-9-10-17)18-7-5-6-16(13-18)29-37(4)36/h5-8,11-13,17,28-29H,9-10H2,1-4H3. The summed E-state index contributed by atoms with van der Waals surface area (Å²) in [6.07, 6.45) is 2.84. The monoisotopic (exact) mass is 523 g/mol. The third-order valence-electron chi connectivity index (χ3n) is 6.50. The molecule has 1 unspecified atom stereocenters. The molecule has 0 spiro atoms. The largest absolute Gasteiger partial charge is 0.338 e. The molecule has 0 saturated heterocycles. The van der Waals surface area contributed by atoms with Crippen molar-refractivity contribution in [2.75, 3.05) is 16.3 Å². The molecule has 0 radical (unpaired) electrons. The van der Waals surface area contributed by atoms with Gasteiger partial charge in [0.25, 0.3) is 11.1 Å². The van der Waals surface area contributed by atoms with Crippen LogP contribution in [0.5, 0.6) is 0 Å². The third-order valence-corrected chi connectivity index (χ3v) is 7.02. The van der Waals surface area contributed by atoms with E-state index in [-0.39, 0.29) is 34.0 Å². The smallest absolute Gasteiger partial charge is 0.336 e. The first-order valence-electron chi connectivity index (χ1n) is 11.7. The van der Waals surface area contributed by atoms with Crippen molar-refractivity contribution >= 4 is 39.1 Å². The van der Waals surface area contributed by atoms with E-state index in [0.29, 0.717) is 24.2 Å². The number of rotatable bonds is 6. The molecule has 9 nitrogen and oxygen atoms in total. The number of nitrogens with one attached hydrogen (secondary N) is 2. The molecule has 2 N–H and O–H groups in total. The number of fused-ring (bicyclic) bond motifs is 1. The number of aromatic nitrogens is 3. The van der Waals surface area contributed by atoms with Gasteiger partial charge >= 0.3 is 5.69 Å². The van der Waals surface area contributed by atoms with Gasteiger partial charge in [-0.15, -0.1) is 0 Å². The van der Waals surface area contributed by atoms with E-state index in [9.17, 15) is 23.0 Å². The summed E-state index contributed by atoms with van der Waals surface area (Å²) >= 11 is 0. The number of nitrogens with zero attached hydrogens (tertiary/aromatic N) is 3. The second-order valence-corrected chi connectivity index (χ2v) is 10.4. The van der Waals surface area contributed by atoms with E-state index < -0.39 is 33.6 Å². The Bertz CT molecular complexity index is 1790. The van der Waals surface area contributed by atoms with Gasteiger partial charge in [0.05, 0.1) is 16.9 Å². The third kappa shape index (κ3) is 4.29. The van der Waals surface area contributed by atoms with Crippen LogP contribution in [0.15, 0.2) is 56.8 Å². The molecule has 2 heterocycles. The van der Waals surface area contributed by atoms with Crippen LogP contribution in [0, 0.1) is 19.7 Å². The predicted octanol–water partition coefficient (Wildman–Crippen LogP) is 3.39. The van der Waals surface area contributed by atoms with Gasteiger partial charge in [-0.3, -0.25) is 23.3 Å². The minimum Gasteiger partial charge on any atom is -0.338 e. The minimum atomic E-state index is -1.35. The normalized spacial score (nSPS) is 14.1. The molecular weight excluding hydrogens is 497 g/mol. The number of hydrogen-bond donors (Lipinski definition) is 2. The highest BCUT2D eigenvalue weighted by Gasteiger charge is 2.31. The van der Waals surface area contributed by atoms with Crippen molar-refractivity contribution in [3.63, 3.8) is 0 Å². The zero-order valence-electron chi connectivity index (χ0n) is 20.8. The summed E-state index contributed by atoms with van der Waals surface area (Å²) in [7, 11) is 0.149. The van der Waals surface area contributed by atoms with Gasteiger partial charge in [0, 0.05) is 30.6 Å². The van der Waals surface area contributed by atoms with Gasteiger partial charge in [-0.1, -0.05) is 12.1 Å². The topological polar surface area (TPSA) is 107 Å². The average Bonchev–Trinajstić information content (AvgIpc) is 3.67. The zero-order chi connectivity index (χ0) is 26.6. The van der Waals surface area contributed by atoms with Crippen LogP contribution in [0.3, 0.4) is 0 Å². The summed E-state index contributed by atoms with van der Waals surface area (Å²) in [5, 5.41) is 3.05. The Labute approximate surface area is 213 Å². The molecular formula is C26H26FN5O4S. The molecule has 1 atom stereocenters. The molecule has 37 heavy (non-hydrogen) atoms. The Morgan fingerprint density at radius 1 is 1.03 bits per heavy atom. The lowest BCUT2D eigenvalue weighted by Crippen LogP contribution is -2.41. The highest BCUT2D eigenvalue weighted by atomic mass is 32.2. The molecule has 1 aliphatic carbocycles. The van der Waals surface area contributed by atoms with Crippen LogP contribution in [-0.4, -0.2) is 24.2 Å². The molecule has 5 rings (SSSR count). The zero-order valence-corrected chi connectivity index (χ0v) is 21.6. The van der Waals surface area contributed by atoms with Crippen LogP contribution in [0.2, 0.25) is 0 Å². The summed E-state index contributed by atoms with van der Waals surface area (Å²) in [6.45, 7) is 3.31. The molecule has 2 aromatic carbocycles. The van der Waals surface area contributed by atoms with Crippen LogP contribution in [0.25, 0.3) is 16.6 Å². The van der Waals surface area contributed by atoms with E-state index in [1.807, 2.05) is 0 Å². The summed E-state index contributed by atoms with van der Waals surface area (Å²) in [6, 6.07) is 11.0. The summed E-state index contributed by atoms with van der Waals surface area (Å²) in [5.41, 5.74) is 0.488. The van der Waals surface area contributed by atoms with E-state index in [1.165, 1.54) is 39.1 Å². The van der Waals surface area contributed by atoms with E-state index in [1.54, 1.807) is 44.2 Å². The van der Waals surface area contributed by atoms with Crippen molar-refractivity contribution in [3.8, 4) is 5.69 Å². The van der Waals surface area contributed by atoms with E-state index in [2.05, 4.69) is 10.0 Å². The molecule has 0 aliphatic heterocycles. The molecule has 192 valence electrons. The Balaban J connectivity index is 1.90. The van der Waals surface area contributed by atoms with Crippen LogP contribution in [0.4, 0.5) is 21.6 Å². The molecule has 1 fully saturated rings. The first-order valence-corrected chi connectivity index (χ1v) is 13.3. The SMILES string of the molecule is Cc1ccc(Nc2c3c(=O)n(C4CC4)c(=O)n(-c4cccc(NS(C)=O)c4)c3c(C)c(=O)n2C)c(F)c1. The number of pyridine rings is 1. The van der Waals surface area contributed by atoms with E-state index >= 15 is 0 Å². The highest BCUT2D eigenvalue weighted by molar-refractivity contribution is 7.85. The Kier molecular flexibility index (Phi) is 6.10. The number of benzene rings is 2. The van der Waals surface area contributed by atoms with Gasteiger partial charge in [0.2, 0.25) is 0 Å². The quantitative estimate of drug-likeness (QED) is 0.403. The molecule has 0 amide bonds. The van der Waals surface area contributed by atoms with Crippen molar-refractivity contribution in [2.45, 2.75) is 32.7 Å². The van der Waals surface area contributed by atoms with Gasteiger partial charge in [0.1, 0.15) is 28.0 Å². The first kappa shape index (κ1) is 24.7. The molecule has 11 heteroatoms. The van der Waals surface area contributed by atoms with E-state index in [4.69, 9.17) is 0 Å². The number of anilines is 3. The molecule has 1 saturated carbocycles. The second-order valence-electron chi connectivity index (χ2n) is 9.30. The second kappa shape index (κ2) is 9.15. The van der Waals surface area contributed by atoms with E-state index in [0.717, 1.165) is 5.56 Å². The molecule has 2 aromatic heterocycles. The van der Waals surface area contributed by atoms with Crippen molar-refractivity contribution in [1.29, 1.82) is 0 Å². The maximum atomic E-state index is 14.8. The minimum absolute atomic E-state index is 0.0884. The van der Waals surface area contributed by atoms with Gasteiger partial charge in [0.15, 0.2) is 0 Å². The van der Waals surface area contributed by atoms with Gasteiger partial charge < -0.3 is 10.0 Å². The lowest BCUT2D eigenvalue weighted by atomic mass is 10.1. The fourth-order valence-electron chi connectivity index (χ4n) is 4.58. The molecule has 0 bridgehead atoms. The van der Waals surface area contributed by atoms with Gasteiger partial charge in [-0.2, -0.15) is 0 Å². The maximum Gasteiger partial charge on any atom is 0.336 e. The predicted molar refractivity (Wildman–Crippen MR) is 144 cm³/mol. The number of hydrogen-bond acceptors (Lipinski definition) is 5. The van der Waals surface area contributed by atoms with Crippen LogP contribution in [0.1, 0.15) is 30.0 Å². The maximum absolute atomic E-state index is 14.8. The number of halogens is 1. The Morgan fingerprint density at radius 2 is 1.76 bits per heavy atom. The van der Waals surface area contributed by atoms with Crippen molar-refractivity contribution < 1.29 is 8.60 Å². The Morgan fingerprint density at radius 3 is 2.41 bits per heavy atom. The molecule has 4 aromatic rings. The van der Waals surface area contributed by atoms with Crippen LogP contribution >= 0.6 is 0 Å². The van der Waals surface area contributed by atoms with Crippen LogP contribution < -0.4 is 26.8 Å². The van der Waals surface area contributed by atoms with Gasteiger partial charge in [-0.25, -0.2) is 13.4 Å². The fraction of sp³-hybridized carbons (Fsp3) is 0.269. The molecule has 1 aliphatic rings. The van der Waals surface area contributed by atoms with Crippen molar-refractivity contribution in [3.05, 3.63) is 90.6 Å². The summed E-state index contributed by atoms with van der Waals surface area (Å²) < 4.78 is 33.2. The van der Waals surface area contributed by atoms with Crippen molar-refractivity contribution in [2.24, 2.45) is 7.05 Å². The summed E-state index contributed by atoms with van der Waals surface area (Å²) in [5.74, 6) is -0.450. The lowest BCUT2D eigenvalue weighted by molar-refractivity contribution is 0.630. The summed E-state index contributed by atoms with van der Waals surface area (Å²) in [4.78, 5) is 41.0.